The van der Waals surface area contributed by atoms with Crippen molar-refractivity contribution < 1.29 is 9.90 Å². The lowest BCUT2D eigenvalue weighted by atomic mass is 10.2. The molecule has 0 spiro atoms. The third-order valence-corrected chi connectivity index (χ3v) is 3.53. The molecule has 0 atom stereocenters. The van der Waals surface area contributed by atoms with E-state index in [9.17, 15) is 4.79 Å². The highest BCUT2D eigenvalue weighted by Crippen LogP contribution is 2.22. The highest BCUT2D eigenvalue weighted by molar-refractivity contribution is 6.30. The number of carbonyl (C=O) groups is 1. The van der Waals surface area contributed by atoms with Crippen molar-refractivity contribution in [2.45, 2.75) is 0 Å². The van der Waals surface area contributed by atoms with Gasteiger partial charge in [0.2, 0.25) is 5.82 Å². The van der Waals surface area contributed by atoms with E-state index in [4.69, 9.17) is 16.7 Å². The lowest BCUT2D eigenvalue weighted by Gasteiger charge is -2.06. The van der Waals surface area contributed by atoms with E-state index in [-0.39, 0.29) is 19.0 Å². The lowest BCUT2D eigenvalue weighted by molar-refractivity contribution is 0.0934. The Morgan fingerprint density at radius 2 is 1.96 bits per heavy atom. The molecule has 0 aliphatic carbocycles. The second-order valence-corrected chi connectivity index (χ2v) is 5.43. The minimum Gasteiger partial charge on any atom is -0.395 e. The van der Waals surface area contributed by atoms with E-state index >= 15 is 0 Å². The average molecular weight is 343 g/mol. The number of nitrogens with zero attached hydrogens (tertiary/aromatic N) is 3. The van der Waals surface area contributed by atoms with E-state index in [0.29, 0.717) is 16.5 Å². The summed E-state index contributed by atoms with van der Waals surface area (Å²) >= 11 is 6.06. The zero-order valence-electron chi connectivity index (χ0n) is 12.7. The Kier molecular flexibility index (Phi) is 4.88. The molecule has 0 aliphatic heterocycles. The first-order chi connectivity index (χ1) is 11.7. The third-order valence-electron chi connectivity index (χ3n) is 3.29. The Hall–Kier alpha value is -2.70. The molecule has 0 saturated heterocycles. The fraction of sp³-hybridized carbons (Fsp3) is 0.118. The molecule has 3 aromatic rings. The van der Waals surface area contributed by atoms with Gasteiger partial charge < -0.3 is 10.4 Å². The maximum atomic E-state index is 12.1. The molecule has 1 amide bonds. The van der Waals surface area contributed by atoms with Gasteiger partial charge in [-0.15, -0.1) is 5.10 Å². The second kappa shape index (κ2) is 7.25. The van der Waals surface area contributed by atoms with Crippen LogP contribution >= 0.6 is 11.6 Å². The predicted molar refractivity (Wildman–Crippen MR) is 91.2 cm³/mol. The fourth-order valence-corrected chi connectivity index (χ4v) is 2.40. The number of benzene rings is 2. The van der Waals surface area contributed by atoms with Crippen molar-refractivity contribution in [1.29, 1.82) is 0 Å². The number of aliphatic hydroxyl groups excluding tert-OH is 1. The fourth-order valence-electron chi connectivity index (χ4n) is 2.22. The van der Waals surface area contributed by atoms with Crippen LogP contribution in [0.3, 0.4) is 0 Å². The summed E-state index contributed by atoms with van der Waals surface area (Å²) in [5.41, 5.74) is 1.53. The molecule has 3 rings (SSSR count). The minimum atomic E-state index is -0.443. The normalized spacial score (nSPS) is 10.6. The first-order valence-corrected chi connectivity index (χ1v) is 7.74. The largest absolute Gasteiger partial charge is 0.395 e. The average Bonchev–Trinajstić information content (AvgIpc) is 3.06. The van der Waals surface area contributed by atoms with Crippen molar-refractivity contribution in [3.63, 3.8) is 0 Å². The smallest absolute Gasteiger partial charge is 0.291 e. The number of aromatic nitrogens is 3. The number of carbonyl (C=O) groups excluding carboxylic acids is 1. The lowest BCUT2D eigenvalue weighted by Crippen LogP contribution is -2.27. The standard InChI is InChI=1S/C17H15ClN4O2/c18-13-7-4-8-14(11-13)22-16(12-5-2-1-3-6-12)20-15(21-22)17(24)19-9-10-23/h1-8,11,23H,9-10H2,(H,19,24). The van der Waals surface area contributed by atoms with E-state index in [0.717, 1.165) is 5.56 Å². The zero-order chi connectivity index (χ0) is 16.9. The van der Waals surface area contributed by atoms with Crippen LogP contribution in [0.5, 0.6) is 0 Å². The van der Waals surface area contributed by atoms with E-state index < -0.39 is 5.91 Å². The topological polar surface area (TPSA) is 80.0 Å². The van der Waals surface area contributed by atoms with Gasteiger partial charge in [-0.05, 0) is 18.2 Å². The van der Waals surface area contributed by atoms with Gasteiger partial charge in [-0.3, -0.25) is 4.79 Å². The molecule has 0 bridgehead atoms. The molecule has 24 heavy (non-hydrogen) atoms. The quantitative estimate of drug-likeness (QED) is 0.745. The van der Waals surface area contributed by atoms with Crippen molar-refractivity contribution in [3.05, 3.63) is 65.4 Å². The highest BCUT2D eigenvalue weighted by Gasteiger charge is 2.18. The van der Waals surface area contributed by atoms with Gasteiger partial charge in [0.15, 0.2) is 5.82 Å². The molecule has 2 aromatic carbocycles. The molecule has 1 aromatic heterocycles. The summed E-state index contributed by atoms with van der Waals surface area (Å²) in [5.74, 6) is 0.122. The van der Waals surface area contributed by atoms with Crippen molar-refractivity contribution in [1.82, 2.24) is 20.1 Å². The number of hydrogen-bond acceptors (Lipinski definition) is 4. The number of hydrogen-bond donors (Lipinski definition) is 2. The number of aliphatic hydroxyl groups is 1. The van der Waals surface area contributed by atoms with Crippen LogP contribution in [0.2, 0.25) is 5.02 Å². The van der Waals surface area contributed by atoms with Gasteiger partial charge in [0.25, 0.3) is 5.91 Å². The maximum Gasteiger partial charge on any atom is 0.291 e. The molecular formula is C17H15ClN4O2. The van der Waals surface area contributed by atoms with Crippen molar-refractivity contribution in [2.24, 2.45) is 0 Å². The Bertz CT molecular complexity index is 849. The molecule has 0 saturated carbocycles. The van der Waals surface area contributed by atoms with Crippen LogP contribution in [-0.4, -0.2) is 38.9 Å². The summed E-state index contributed by atoms with van der Waals surface area (Å²) in [4.78, 5) is 16.5. The second-order valence-electron chi connectivity index (χ2n) is 5.00. The first-order valence-electron chi connectivity index (χ1n) is 7.36. The Morgan fingerprint density at radius 1 is 1.17 bits per heavy atom. The van der Waals surface area contributed by atoms with Gasteiger partial charge >= 0.3 is 0 Å². The van der Waals surface area contributed by atoms with Crippen LogP contribution in [0, 0.1) is 0 Å². The number of rotatable bonds is 5. The van der Waals surface area contributed by atoms with E-state index in [2.05, 4.69) is 15.4 Å². The van der Waals surface area contributed by atoms with Gasteiger partial charge in [0, 0.05) is 17.1 Å². The van der Waals surface area contributed by atoms with Crippen molar-refractivity contribution in [2.75, 3.05) is 13.2 Å². The van der Waals surface area contributed by atoms with Gasteiger partial charge in [0.05, 0.1) is 12.3 Å². The highest BCUT2D eigenvalue weighted by atomic mass is 35.5. The first kappa shape index (κ1) is 16.2. The third kappa shape index (κ3) is 3.45. The van der Waals surface area contributed by atoms with E-state index in [1.54, 1.807) is 22.9 Å². The Labute approximate surface area is 143 Å². The van der Waals surface area contributed by atoms with E-state index in [1.165, 1.54) is 0 Å². The molecule has 0 radical (unpaired) electrons. The molecule has 2 N–H and O–H groups in total. The van der Waals surface area contributed by atoms with Crippen LogP contribution in [-0.2, 0) is 0 Å². The summed E-state index contributed by atoms with van der Waals surface area (Å²) in [6, 6.07) is 16.6. The number of amides is 1. The number of nitrogens with one attached hydrogen (secondary N) is 1. The van der Waals surface area contributed by atoms with Gasteiger partial charge in [-0.25, -0.2) is 9.67 Å². The van der Waals surface area contributed by atoms with Crippen LogP contribution in [0.4, 0.5) is 0 Å². The van der Waals surface area contributed by atoms with Crippen LogP contribution in [0.25, 0.3) is 17.1 Å². The van der Waals surface area contributed by atoms with Crippen LogP contribution in [0.1, 0.15) is 10.6 Å². The van der Waals surface area contributed by atoms with Crippen LogP contribution in [0.15, 0.2) is 54.6 Å². The molecule has 122 valence electrons. The molecule has 0 fully saturated rings. The molecule has 6 nitrogen and oxygen atoms in total. The monoisotopic (exact) mass is 342 g/mol. The SMILES string of the molecule is O=C(NCCO)c1nc(-c2ccccc2)n(-c2cccc(Cl)c2)n1. The zero-order valence-corrected chi connectivity index (χ0v) is 13.4. The van der Waals surface area contributed by atoms with Gasteiger partial charge in [-0.1, -0.05) is 48.0 Å². The molecule has 0 aliphatic rings. The molecule has 0 unspecified atom stereocenters. The minimum absolute atomic E-state index is 0.0299. The van der Waals surface area contributed by atoms with Crippen molar-refractivity contribution in [3.8, 4) is 17.1 Å². The molecule has 1 heterocycles. The summed E-state index contributed by atoms with van der Waals surface area (Å²) in [6.07, 6.45) is 0. The van der Waals surface area contributed by atoms with Gasteiger partial charge in [0.1, 0.15) is 0 Å². The summed E-state index contributed by atoms with van der Waals surface area (Å²) in [6.45, 7) is -0.00249. The van der Waals surface area contributed by atoms with Crippen LogP contribution < -0.4 is 5.32 Å². The van der Waals surface area contributed by atoms with Gasteiger partial charge in [-0.2, -0.15) is 0 Å². The summed E-state index contributed by atoms with van der Waals surface area (Å²) in [5, 5.41) is 16.3. The Balaban J connectivity index is 2.08. The number of halogens is 1. The Morgan fingerprint density at radius 3 is 2.67 bits per heavy atom. The molecule has 7 heteroatoms. The predicted octanol–water partition coefficient (Wildman–Crippen LogP) is 2.31. The molecular weight excluding hydrogens is 328 g/mol. The van der Waals surface area contributed by atoms with E-state index in [1.807, 2.05) is 36.4 Å². The maximum absolute atomic E-state index is 12.1. The summed E-state index contributed by atoms with van der Waals surface area (Å²) < 4.78 is 1.58. The summed E-state index contributed by atoms with van der Waals surface area (Å²) in [7, 11) is 0. The van der Waals surface area contributed by atoms with Crippen molar-refractivity contribution >= 4 is 17.5 Å².